The van der Waals surface area contributed by atoms with Gasteiger partial charge in [0.2, 0.25) is 5.91 Å². The number of carbonyl (C=O) groups is 2. The number of hydrogen-bond acceptors (Lipinski definition) is 6. The van der Waals surface area contributed by atoms with Crippen LogP contribution in [0.15, 0.2) is 24.4 Å². The first-order valence-corrected chi connectivity index (χ1v) is 12.3. The van der Waals surface area contributed by atoms with Gasteiger partial charge in [-0.2, -0.15) is 0 Å². The van der Waals surface area contributed by atoms with Crippen molar-refractivity contribution in [2.75, 3.05) is 18.5 Å². The van der Waals surface area contributed by atoms with Gasteiger partial charge < -0.3 is 20.7 Å². The number of amides is 2. The second-order valence-electron chi connectivity index (χ2n) is 8.53. The first-order valence-electron chi connectivity index (χ1n) is 11.1. The zero-order valence-corrected chi connectivity index (χ0v) is 19.7. The minimum Gasteiger partial charge on any atom is -0.381 e. The fourth-order valence-corrected chi connectivity index (χ4v) is 4.79. The van der Waals surface area contributed by atoms with E-state index in [4.69, 9.17) is 16.3 Å². The van der Waals surface area contributed by atoms with Gasteiger partial charge in [0, 0.05) is 36.9 Å². The molecular formula is C23H29ClN4O3S. The number of hydrogen-bond donors (Lipinski definition) is 3. The number of halogens is 1. The van der Waals surface area contributed by atoms with E-state index in [1.807, 2.05) is 19.1 Å². The van der Waals surface area contributed by atoms with E-state index in [0.29, 0.717) is 29.5 Å². The molecule has 4 rings (SSSR count). The van der Waals surface area contributed by atoms with Crippen LogP contribution in [0.5, 0.6) is 0 Å². The minimum atomic E-state index is -0.543. The third kappa shape index (κ3) is 6.43. The molecule has 3 heterocycles. The van der Waals surface area contributed by atoms with Gasteiger partial charge in [0.25, 0.3) is 5.91 Å². The SMILES string of the molecule is Cc1ncc(Cl)cc1NCc1ccc(C(=O)N[C@@H](CC2CCCOC2)C(=O)NC2CC2)s1. The molecule has 1 unspecified atom stereocenters. The van der Waals surface area contributed by atoms with Gasteiger partial charge in [-0.25, -0.2) is 0 Å². The quantitative estimate of drug-likeness (QED) is 0.510. The van der Waals surface area contributed by atoms with Gasteiger partial charge in [-0.3, -0.25) is 14.6 Å². The molecule has 172 valence electrons. The van der Waals surface area contributed by atoms with E-state index in [9.17, 15) is 9.59 Å². The molecule has 0 bridgehead atoms. The highest BCUT2D eigenvalue weighted by molar-refractivity contribution is 7.14. The Kier molecular flexibility index (Phi) is 7.65. The Hall–Kier alpha value is -2.16. The van der Waals surface area contributed by atoms with E-state index in [1.165, 1.54) is 11.3 Å². The normalized spacial score (nSPS) is 19.2. The minimum absolute atomic E-state index is 0.0891. The summed E-state index contributed by atoms with van der Waals surface area (Å²) in [5.41, 5.74) is 1.73. The van der Waals surface area contributed by atoms with Crippen LogP contribution in [0.1, 0.15) is 52.3 Å². The van der Waals surface area contributed by atoms with Crippen LogP contribution in [0.2, 0.25) is 5.02 Å². The van der Waals surface area contributed by atoms with Crippen LogP contribution < -0.4 is 16.0 Å². The maximum absolute atomic E-state index is 12.9. The smallest absolute Gasteiger partial charge is 0.262 e. The van der Waals surface area contributed by atoms with E-state index in [2.05, 4.69) is 20.9 Å². The van der Waals surface area contributed by atoms with Gasteiger partial charge in [0.05, 0.1) is 21.3 Å². The Morgan fingerprint density at radius 2 is 2.16 bits per heavy atom. The van der Waals surface area contributed by atoms with Crippen molar-refractivity contribution < 1.29 is 14.3 Å². The van der Waals surface area contributed by atoms with E-state index in [0.717, 1.165) is 48.5 Å². The van der Waals surface area contributed by atoms with Crippen molar-refractivity contribution in [1.82, 2.24) is 15.6 Å². The lowest BCUT2D eigenvalue weighted by Gasteiger charge is -2.26. The molecule has 9 heteroatoms. The number of rotatable bonds is 9. The standard InChI is InChI=1S/C23H29ClN4O3S/c1-14-19(10-16(24)11-25-14)26-12-18-6-7-21(32-18)23(30)28-20(22(29)27-17-4-5-17)9-15-3-2-8-31-13-15/h6-7,10-11,15,17,20,26H,2-5,8-9,12-13H2,1H3,(H,27,29)(H,28,30)/t15?,20-/m0/s1. The van der Waals surface area contributed by atoms with Crippen molar-refractivity contribution in [3.8, 4) is 0 Å². The maximum Gasteiger partial charge on any atom is 0.262 e. The zero-order chi connectivity index (χ0) is 22.5. The first-order chi connectivity index (χ1) is 15.5. The topological polar surface area (TPSA) is 92.3 Å². The molecule has 3 N–H and O–H groups in total. The molecule has 7 nitrogen and oxygen atoms in total. The fourth-order valence-electron chi connectivity index (χ4n) is 3.78. The monoisotopic (exact) mass is 476 g/mol. The van der Waals surface area contributed by atoms with Crippen LogP contribution in [-0.2, 0) is 16.1 Å². The molecule has 2 aromatic rings. The number of nitrogens with one attached hydrogen (secondary N) is 3. The number of aryl methyl sites for hydroxylation is 1. The predicted octanol–water partition coefficient (Wildman–Crippen LogP) is 3.91. The Bertz CT molecular complexity index is 956. The molecule has 0 radical (unpaired) electrons. The second-order valence-corrected chi connectivity index (χ2v) is 10.1. The van der Waals surface area contributed by atoms with Crippen LogP contribution in [0.25, 0.3) is 0 Å². The Morgan fingerprint density at radius 3 is 2.91 bits per heavy atom. The average molecular weight is 477 g/mol. The number of pyridine rings is 1. The third-order valence-electron chi connectivity index (χ3n) is 5.76. The van der Waals surface area contributed by atoms with Crippen LogP contribution in [0.3, 0.4) is 0 Å². The van der Waals surface area contributed by atoms with E-state index >= 15 is 0 Å². The molecule has 2 fully saturated rings. The number of carbonyl (C=O) groups excluding carboxylic acids is 2. The van der Waals surface area contributed by atoms with Crippen molar-refractivity contribution in [2.45, 2.75) is 57.7 Å². The number of anilines is 1. The molecule has 2 atom stereocenters. The summed E-state index contributed by atoms with van der Waals surface area (Å²) in [5, 5.41) is 9.90. The molecule has 1 aliphatic carbocycles. The maximum atomic E-state index is 12.9. The molecule has 2 aromatic heterocycles. The van der Waals surface area contributed by atoms with Crippen molar-refractivity contribution in [2.24, 2.45) is 5.92 Å². The highest BCUT2D eigenvalue weighted by Crippen LogP contribution is 2.24. The molecule has 1 saturated heterocycles. The van der Waals surface area contributed by atoms with E-state index in [-0.39, 0.29) is 23.8 Å². The molecular weight excluding hydrogens is 448 g/mol. The Balaban J connectivity index is 1.36. The summed E-state index contributed by atoms with van der Waals surface area (Å²) in [6.45, 7) is 3.90. The number of ether oxygens (including phenoxy) is 1. The van der Waals surface area contributed by atoms with Crippen molar-refractivity contribution >= 4 is 40.4 Å². The number of nitrogens with zero attached hydrogens (tertiary/aromatic N) is 1. The van der Waals surface area contributed by atoms with Crippen LogP contribution in [0.4, 0.5) is 5.69 Å². The lowest BCUT2D eigenvalue weighted by atomic mass is 9.94. The van der Waals surface area contributed by atoms with Crippen LogP contribution in [0, 0.1) is 12.8 Å². The van der Waals surface area contributed by atoms with Crippen molar-refractivity contribution in [3.63, 3.8) is 0 Å². The largest absolute Gasteiger partial charge is 0.381 e. The molecule has 2 amide bonds. The zero-order valence-electron chi connectivity index (χ0n) is 18.2. The van der Waals surface area contributed by atoms with Gasteiger partial charge in [0.1, 0.15) is 6.04 Å². The summed E-state index contributed by atoms with van der Waals surface area (Å²) in [7, 11) is 0. The van der Waals surface area contributed by atoms with Gasteiger partial charge in [0.15, 0.2) is 0 Å². The molecule has 2 aliphatic rings. The summed E-state index contributed by atoms with van der Waals surface area (Å²) in [4.78, 5) is 31.5. The highest BCUT2D eigenvalue weighted by atomic mass is 35.5. The molecule has 32 heavy (non-hydrogen) atoms. The van der Waals surface area contributed by atoms with Crippen molar-refractivity contribution in [1.29, 1.82) is 0 Å². The molecule has 1 saturated carbocycles. The van der Waals surface area contributed by atoms with Crippen molar-refractivity contribution in [3.05, 3.63) is 44.9 Å². The molecule has 0 spiro atoms. The van der Waals surface area contributed by atoms with E-state index < -0.39 is 6.04 Å². The predicted molar refractivity (Wildman–Crippen MR) is 126 cm³/mol. The first kappa shape index (κ1) is 23.0. The Morgan fingerprint density at radius 1 is 1.31 bits per heavy atom. The second kappa shape index (κ2) is 10.6. The highest BCUT2D eigenvalue weighted by Gasteiger charge is 2.31. The summed E-state index contributed by atoms with van der Waals surface area (Å²) < 4.78 is 5.57. The third-order valence-corrected chi connectivity index (χ3v) is 7.05. The Labute approximate surface area is 197 Å². The lowest BCUT2D eigenvalue weighted by Crippen LogP contribution is -2.48. The summed E-state index contributed by atoms with van der Waals surface area (Å²) in [6.07, 6.45) is 6.27. The summed E-state index contributed by atoms with van der Waals surface area (Å²) >= 11 is 7.44. The van der Waals surface area contributed by atoms with Gasteiger partial charge in [-0.1, -0.05) is 11.6 Å². The average Bonchev–Trinajstić information content (AvgIpc) is 3.47. The van der Waals surface area contributed by atoms with Crippen LogP contribution >= 0.6 is 22.9 Å². The summed E-state index contributed by atoms with van der Waals surface area (Å²) in [6, 6.07) is 5.28. The summed E-state index contributed by atoms with van der Waals surface area (Å²) in [5.74, 6) is -0.0139. The lowest BCUT2D eigenvalue weighted by molar-refractivity contribution is -0.123. The molecule has 1 aliphatic heterocycles. The fraction of sp³-hybridized carbons (Fsp3) is 0.522. The number of aromatic nitrogens is 1. The van der Waals surface area contributed by atoms with Crippen LogP contribution in [-0.4, -0.2) is 42.1 Å². The van der Waals surface area contributed by atoms with E-state index in [1.54, 1.807) is 12.3 Å². The number of thiophene rings is 1. The molecule has 0 aromatic carbocycles. The van der Waals surface area contributed by atoms with Gasteiger partial charge in [-0.15, -0.1) is 11.3 Å². The van der Waals surface area contributed by atoms with Gasteiger partial charge >= 0.3 is 0 Å². The van der Waals surface area contributed by atoms with Gasteiger partial charge in [-0.05, 0) is 63.1 Å².